The van der Waals surface area contributed by atoms with Gasteiger partial charge in [-0.3, -0.25) is 19.3 Å². The fourth-order valence-electron chi connectivity index (χ4n) is 7.30. The number of primary amides is 1. The summed E-state index contributed by atoms with van der Waals surface area (Å²) in [5, 5.41) is 49.2. The highest BCUT2D eigenvalue weighted by atomic mass is 19.1. The molecule has 5 rings (SSSR count). The molecule has 3 aliphatic rings. The monoisotopic (exact) mass is 609 g/mol. The van der Waals surface area contributed by atoms with Crippen molar-refractivity contribution in [2.45, 2.75) is 70.1 Å². The minimum atomic E-state index is -2.75. The van der Waals surface area contributed by atoms with Crippen molar-refractivity contribution in [3.8, 4) is 5.75 Å². The first kappa shape index (κ1) is 31.6. The van der Waals surface area contributed by atoms with Crippen LogP contribution in [0.4, 0.5) is 4.39 Å². The minimum Gasteiger partial charge on any atom is -0.508 e. The Morgan fingerprint density at radius 1 is 1.11 bits per heavy atom. The maximum atomic E-state index is 16.1. The molecular weight excluding hydrogens is 569 g/mol. The molecule has 7 N–H and O–H groups in total. The molecule has 236 valence electrons. The smallest absolute Gasteiger partial charge is 0.255 e. The molecular formula is C33H40FN3O7. The van der Waals surface area contributed by atoms with E-state index in [0.29, 0.717) is 6.54 Å². The average molecular weight is 610 g/mol. The minimum absolute atomic E-state index is 0.0126. The number of Topliss-reactive ketones (excluding diaryl/α,β-unsaturated/α-hetero) is 2. The number of aromatic hydroxyl groups is 1. The summed E-state index contributed by atoms with van der Waals surface area (Å²) < 4.78 is 16.1. The van der Waals surface area contributed by atoms with Crippen LogP contribution in [0.2, 0.25) is 0 Å². The van der Waals surface area contributed by atoms with Gasteiger partial charge in [0.25, 0.3) is 5.91 Å². The molecule has 4 atom stereocenters. The Balaban J connectivity index is 1.55. The van der Waals surface area contributed by atoms with Crippen LogP contribution < -0.4 is 11.1 Å². The summed E-state index contributed by atoms with van der Waals surface area (Å²) in [7, 11) is 3.04. The van der Waals surface area contributed by atoms with Crippen molar-refractivity contribution in [1.29, 1.82) is 0 Å². The number of fused-ring (bicyclic) bond motifs is 4. The number of ketones is 2. The summed E-state index contributed by atoms with van der Waals surface area (Å²) in [6.07, 6.45) is 5.51. The maximum Gasteiger partial charge on any atom is 0.255 e. The molecule has 44 heavy (non-hydrogen) atoms. The molecule has 0 spiro atoms. The van der Waals surface area contributed by atoms with Crippen LogP contribution in [0.5, 0.6) is 5.75 Å². The number of nitrogens with zero attached hydrogens (tertiary/aromatic N) is 1. The zero-order chi connectivity index (χ0) is 32.1. The quantitative estimate of drug-likeness (QED) is 0.174. The van der Waals surface area contributed by atoms with Crippen LogP contribution in [-0.4, -0.2) is 75.1 Å². The number of carbonyl (C=O) groups excluding carboxylic acids is 3. The fraction of sp³-hybridized carbons (Fsp3) is 0.485. The van der Waals surface area contributed by atoms with Gasteiger partial charge in [0.05, 0.1) is 11.6 Å². The Labute approximate surface area is 255 Å². The van der Waals surface area contributed by atoms with Crippen molar-refractivity contribution >= 4 is 34.0 Å². The second-order valence-electron chi connectivity index (χ2n) is 12.4. The number of carbonyl (C=O) groups is 3. The molecule has 0 heterocycles. The third kappa shape index (κ3) is 4.87. The summed E-state index contributed by atoms with van der Waals surface area (Å²) in [6.45, 7) is 3.46. The van der Waals surface area contributed by atoms with Gasteiger partial charge in [-0.25, -0.2) is 4.39 Å². The van der Waals surface area contributed by atoms with Crippen LogP contribution in [0.3, 0.4) is 0 Å². The van der Waals surface area contributed by atoms with E-state index in [2.05, 4.69) is 12.2 Å². The van der Waals surface area contributed by atoms with Crippen LogP contribution in [0.25, 0.3) is 16.5 Å². The number of nitrogens with two attached hydrogens (primary N) is 1. The van der Waals surface area contributed by atoms with Crippen molar-refractivity contribution in [3.05, 3.63) is 57.6 Å². The Hall–Kier alpha value is -3.80. The van der Waals surface area contributed by atoms with Gasteiger partial charge in [0.2, 0.25) is 5.78 Å². The predicted molar refractivity (Wildman–Crippen MR) is 162 cm³/mol. The van der Waals surface area contributed by atoms with E-state index in [9.17, 15) is 34.8 Å². The number of unbranched alkanes of at least 4 members (excludes halogenated alkanes) is 4. The molecule has 2 aromatic rings. The van der Waals surface area contributed by atoms with E-state index in [1.54, 1.807) is 18.2 Å². The zero-order valence-corrected chi connectivity index (χ0v) is 25.2. The van der Waals surface area contributed by atoms with Gasteiger partial charge in [-0.15, -0.1) is 0 Å². The number of phenols is 1. The zero-order valence-electron chi connectivity index (χ0n) is 25.2. The van der Waals surface area contributed by atoms with Crippen molar-refractivity contribution in [2.75, 3.05) is 20.6 Å². The number of benzene rings is 2. The number of aliphatic hydroxyl groups excluding tert-OH is 2. The standard InChI is InChI=1S/C33H40FN3O7/c1-4-5-6-7-8-11-36-15-16-9-10-18-19(12-16)27(38)23-20(25(18)34)13-17-14-21-26(37(2)3)29(40)24(32(35)43)31(42)33(21,44)30(41)22(17)28(23)39/h9-10,12,17,21,26,36,38-39,42,44H,4-8,11,13-15H2,1-3H3,(H2,35,43)/t17-,21-,26-,33-/m0/s1. The number of phenolic OH excluding ortho intramolecular Hbond substituents is 1. The molecule has 0 radical (unpaired) electrons. The van der Waals surface area contributed by atoms with Gasteiger partial charge in [-0.1, -0.05) is 44.7 Å². The Kier molecular flexibility index (Phi) is 8.58. The average Bonchev–Trinajstić information content (AvgIpc) is 2.96. The fourth-order valence-corrected chi connectivity index (χ4v) is 7.30. The first-order chi connectivity index (χ1) is 20.9. The lowest BCUT2D eigenvalue weighted by atomic mass is 9.57. The molecule has 2 aromatic carbocycles. The van der Waals surface area contributed by atoms with Crippen molar-refractivity contribution < 1.29 is 39.2 Å². The van der Waals surface area contributed by atoms with Crippen LogP contribution in [0.15, 0.2) is 35.1 Å². The largest absolute Gasteiger partial charge is 0.508 e. The Morgan fingerprint density at radius 3 is 2.48 bits per heavy atom. The molecule has 3 aliphatic carbocycles. The highest BCUT2D eigenvalue weighted by Gasteiger charge is 2.64. The molecule has 0 aliphatic heterocycles. The number of likely N-dealkylation sites (N-methyl/N-ethyl adjacent to an activating group) is 1. The first-order valence-corrected chi connectivity index (χ1v) is 15.2. The number of aliphatic hydroxyl groups is 3. The number of rotatable bonds is 10. The second kappa shape index (κ2) is 11.9. The summed E-state index contributed by atoms with van der Waals surface area (Å²) in [5.41, 5.74) is 1.98. The highest BCUT2D eigenvalue weighted by Crippen LogP contribution is 2.53. The second-order valence-corrected chi connectivity index (χ2v) is 12.4. The molecule has 11 heteroatoms. The lowest BCUT2D eigenvalue weighted by molar-refractivity contribution is -0.153. The normalized spacial score (nSPS) is 25.0. The van der Waals surface area contributed by atoms with E-state index in [4.69, 9.17) is 5.73 Å². The molecule has 1 amide bonds. The molecule has 1 saturated carbocycles. The van der Waals surface area contributed by atoms with Crippen molar-refractivity contribution in [3.63, 3.8) is 0 Å². The lowest BCUT2D eigenvalue weighted by Crippen LogP contribution is -2.65. The van der Waals surface area contributed by atoms with Gasteiger partial charge in [0.1, 0.15) is 28.7 Å². The highest BCUT2D eigenvalue weighted by molar-refractivity contribution is 6.24. The Morgan fingerprint density at radius 2 is 1.82 bits per heavy atom. The number of hydrogen-bond donors (Lipinski definition) is 6. The van der Waals surface area contributed by atoms with E-state index in [-0.39, 0.29) is 40.3 Å². The van der Waals surface area contributed by atoms with E-state index >= 15 is 4.39 Å². The van der Waals surface area contributed by atoms with Crippen molar-refractivity contribution in [1.82, 2.24) is 10.2 Å². The van der Waals surface area contributed by atoms with Gasteiger partial charge in [0.15, 0.2) is 11.4 Å². The molecule has 0 saturated heterocycles. The Bertz CT molecular complexity index is 1610. The van der Waals surface area contributed by atoms with Gasteiger partial charge in [-0.05, 0) is 57.5 Å². The van der Waals surface area contributed by atoms with Gasteiger partial charge in [-0.2, -0.15) is 0 Å². The van der Waals surface area contributed by atoms with Crippen LogP contribution >= 0.6 is 0 Å². The van der Waals surface area contributed by atoms with Gasteiger partial charge >= 0.3 is 0 Å². The van der Waals surface area contributed by atoms with E-state index in [1.165, 1.54) is 38.3 Å². The number of hydrogen-bond acceptors (Lipinski definition) is 9. The number of nitrogens with one attached hydrogen (secondary N) is 1. The summed E-state index contributed by atoms with van der Waals surface area (Å²) >= 11 is 0. The van der Waals surface area contributed by atoms with Crippen LogP contribution in [0.1, 0.15) is 62.1 Å². The molecule has 10 nitrogen and oxygen atoms in total. The van der Waals surface area contributed by atoms with Crippen molar-refractivity contribution in [2.24, 2.45) is 17.6 Å². The third-order valence-corrected chi connectivity index (χ3v) is 9.48. The van der Waals surface area contributed by atoms with Crippen LogP contribution in [-0.2, 0) is 27.3 Å². The lowest BCUT2D eigenvalue weighted by Gasteiger charge is -2.50. The molecule has 0 unspecified atom stereocenters. The molecule has 0 bridgehead atoms. The maximum absolute atomic E-state index is 16.1. The number of amides is 1. The topological polar surface area (TPSA) is 173 Å². The molecule has 1 fully saturated rings. The van der Waals surface area contributed by atoms with E-state index in [0.717, 1.165) is 24.9 Å². The summed E-state index contributed by atoms with van der Waals surface area (Å²) in [5.74, 6) is -8.27. The molecule has 0 aromatic heterocycles. The van der Waals surface area contributed by atoms with Gasteiger partial charge in [0, 0.05) is 34.4 Å². The SMILES string of the molecule is CCCCCCCNCc1ccc2c(F)c3c(c(O)c2c1)C(O)=C1C(=O)[C@]2(O)C(O)=C(C(N)=O)C(=O)[C@@H](N(C)C)[C@@H]2C[C@@H]1C3. The van der Waals surface area contributed by atoms with E-state index < -0.39 is 69.6 Å². The summed E-state index contributed by atoms with van der Waals surface area (Å²) in [6, 6.07) is 3.79. The summed E-state index contributed by atoms with van der Waals surface area (Å²) in [4.78, 5) is 40.8. The predicted octanol–water partition coefficient (Wildman–Crippen LogP) is 3.32. The van der Waals surface area contributed by atoms with E-state index in [1.807, 2.05) is 0 Å². The number of halogens is 1. The first-order valence-electron chi connectivity index (χ1n) is 15.2. The van der Waals surface area contributed by atoms with Crippen LogP contribution in [0, 0.1) is 17.7 Å². The third-order valence-electron chi connectivity index (χ3n) is 9.48. The van der Waals surface area contributed by atoms with Gasteiger partial charge < -0.3 is 31.5 Å².